The molecule has 5 nitrogen and oxygen atoms in total. The maximum atomic E-state index is 13.2. The summed E-state index contributed by atoms with van der Waals surface area (Å²) in [4.78, 5) is 12.9. The lowest BCUT2D eigenvalue weighted by Gasteiger charge is -2.42. The second kappa shape index (κ2) is 6.97. The van der Waals surface area contributed by atoms with Gasteiger partial charge in [0.25, 0.3) is 5.56 Å². The van der Waals surface area contributed by atoms with Gasteiger partial charge in [-0.05, 0) is 36.1 Å². The van der Waals surface area contributed by atoms with E-state index < -0.39 is 10.0 Å². The molecule has 0 saturated carbocycles. The van der Waals surface area contributed by atoms with Crippen LogP contribution in [0.2, 0.25) is 0 Å². The fraction of sp³-hybridized carbons (Fsp3) is 0.261. The lowest BCUT2D eigenvalue weighted by Crippen LogP contribution is -2.49. The van der Waals surface area contributed by atoms with E-state index in [0.717, 1.165) is 23.2 Å². The molecule has 1 saturated heterocycles. The molecular formula is C23H22N2O3S. The number of pyridine rings is 1. The van der Waals surface area contributed by atoms with Crippen molar-refractivity contribution in [3.05, 3.63) is 88.8 Å². The maximum absolute atomic E-state index is 13.2. The minimum absolute atomic E-state index is 0.00472. The third kappa shape index (κ3) is 3.12. The third-order valence-electron chi connectivity index (χ3n) is 6.02. The Balaban J connectivity index is 1.59. The van der Waals surface area contributed by atoms with Gasteiger partial charge in [0, 0.05) is 42.9 Å². The summed E-state index contributed by atoms with van der Waals surface area (Å²) in [5.74, 6) is 0.147. The molecule has 0 radical (unpaired) electrons. The molecule has 1 fully saturated rings. The van der Waals surface area contributed by atoms with Crippen molar-refractivity contribution in [1.29, 1.82) is 0 Å². The predicted octanol–water partition coefficient (Wildman–Crippen LogP) is 3.32. The molecule has 0 spiro atoms. The highest BCUT2D eigenvalue weighted by Gasteiger charge is 2.40. The molecular weight excluding hydrogens is 384 g/mol. The quantitative estimate of drug-likeness (QED) is 0.670. The Morgan fingerprint density at radius 3 is 2.21 bits per heavy atom. The van der Waals surface area contributed by atoms with E-state index in [9.17, 15) is 13.2 Å². The Hall–Kier alpha value is -2.70. The summed E-state index contributed by atoms with van der Waals surface area (Å²) in [6.45, 7) is 1.42. The minimum atomic E-state index is -3.55. The molecule has 29 heavy (non-hydrogen) atoms. The molecule has 0 aliphatic carbocycles. The first-order valence-electron chi connectivity index (χ1n) is 9.88. The Kier molecular flexibility index (Phi) is 4.41. The van der Waals surface area contributed by atoms with Crippen molar-refractivity contribution in [1.82, 2.24) is 8.87 Å². The molecule has 2 aromatic carbocycles. The molecule has 0 amide bonds. The van der Waals surface area contributed by atoms with Gasteiger partial charge in [0.05, 0.1) is 4.90 Å². The highest BCUT2D eigenvalue weighted by Crippen LogP contribution is 2.41. The van der Waals surface area contributed by atoms with Gasteiger partial charge < -0.3 is 4.57 Å². The van der Waals surface area contributed by atoms with E-state index in [1.807, 2.05) is 47.0 Å². The van der Waals surface area contributed by atoms with Crippen LogP contribution < -0.4 is 5.56 Å². The highest BCUT2D eigenvalue weighted by molar-refractivity contribution is 7.89. The van der Waals surface area contributed by atoms with Crippen molar-refractivity contribution >= 4 is 10.0 Å². The molecule has 1 aromatic heterocycles. The molecule has 3 heterocycles. The molecule has 0 N–H and O–H groups in total. The molecule has 2 aliphatic rings. The zero-order valence-electron chi connectivity index (χ0n) is 15.9. The van der Waals surface area contributed by atoms with E-state index in [-0.39, 0.29) is 17.4 Å². The number of sulfonamides is 1. The number of piperidine rings is 1. The van der Waals surface area contributed by atoms with Crippen molar-refractivity contribution in [3.8, 4) is 11.1 Å². The van der Waals surface area contributed by atoms with Crippen molar-refractivity contribution in [2.75, 3.05) is 13.1 Å². The van der Waals surface area contributed by atoms with E-state index in [1.165, 1.54) is 0 Å². The van der Waals surface area contributed by atoms with Crippen molar-refractivity contribution in [3.63, 3.8) is 0 Å². The first-order valence-corrected chi connectivity index (χ1v) is 11.3. The number of benzene rings is 2. The van der Waals surface area contributed by atoms with Gasteiger partial charge in [0.2, 0.25) is 10.0 Å². The largest absolute Gasteiger partial charge is 0.311 e. The van der Waals surface area contributed by atoms with Crippen LogP contribution in [-0.4, -0.2) is 30.4 Å². The van der Waals surface area contributed by atoms with Crippen molar-refractivity contribution in [2.24, 2.45) is 5.92 Å². The number of fused-ring (bicyclic) bond motifs is 4. The second-order valence-corrected chi connectivity index (χ2v) is 9.82. The number of aromatic nitrogens is 1. The summed E-state index contributed by atoms with van der Waals surface area (Å²) in [5.41, 5.74) is 3.03. The number of hydrogen-bond acceptors (Lipinski definition) is 3. The van der Waals surface area contributed by atoms with Gasteiger partial charge in [0.1, 0.15) is 0 Å². The zero-order chi connectivity index (χ0) is 20.0. The monoisotopic (exact) mass is 406 g/mol. The summed E-state index contributed by atoms with van der Waals surface area (Å²) in [6.07, 6.45) is 0.907. The Morgan fingerprint density at radius 2 is 1.48 bits per heavy atom. The Morgan fingerprint density at radius 1 is 0.793 bits per heavy atom. The number of rotatable bonds is 3. The highest BCUT2D eigenvalue weighted by atomic mass is 32.2. The maximum Gasteiger partial charge on any atom is 0.250 e. The van der Waals surface area contributed by atoms with Crippen LogP contribution in [-0.2, 0) is 16.6 Å². The van der Waals surface area contributed by atoms with Crippen molar-refractivity contribution in [2.45, 2.75) is 23.8 Å². The third-order valence-corrected chi connectivity index (χ3v) is 7.87. The van der Waals surface area contributed by atoms with Crippen molar-refractivity contribution < 1.29 is 8.42 Å². The molecule has 6 heteroatoms. The van der Waals surface area contributed by atoms with Gasteiger partial charge in [-0.25, -0.2) is 8.42 Å². The van der Waals surface area contributed by atoms with Crippen LogP contribution in [0.5, 0.6) is 0 Å². The second-order valence-electron chi connectivity index (χ2n) is 7.88. The summed E-state index contributed by atoms with van der Waals surface area (Å²) in [7, 11) is -3.55. The molecule has 2 bridgehead atoms. The van der Waals surface area contributed by atoms with E-state index in [0.29, 0.717) is 24.5 Å². The van der Waals surface area contributed by atoms with Gasteiger partial charge in [-0.2, -0.15) is 4.31 Å². The first-order chi connectivity index (χ1) is 14.0. The van der Waals surface area contributed by atoms with Crippen LogP contribution in [0.4, 0.5) is 0 Å². The molecule has 2 aliphatic heterocycles. The number of hydrogen-bond donors (Lipinski definition) is 0. The topological polar surface area (TPSA) is 59.4 Å². The van der Waals surface area contributed by atoms with Crippen LogP contribution in [0, 0.1) is 5.92 Å². The summed E-state index contributed by atoms with van der Waals surface area (Å²) < 4.78 is 29.9. The van der Waals surface area contributed by atoms with Gasteiger partial charge in [0.15, 0.2) is 0 Å². The molecule has 148 valence electrons. The summed E-state index contributed by atoms with van der Waals surface area (Å²) in [5, 5.41) is 0. The van der Waals surface area contributed by atoms with E-state index in [1.54, 1.807) is 34.6 Å². The molecule has 5 rings (SSSR count). The predicted molar refractivity (Wildman–Crippen MR) is 112 cm³/mol. The van der Waals surface area contributed by atoms with Gasteiger partial charge in [-0.3, -0.25) is 4.79 Å². The zero-order valence-corrected chi connectivity index (χ0v) is 16.8. The van der Waals surface area contributed by atoms with Crippen LogP contribution in [0.25, 0.3) is 11.1 Å². The average molecular weight is 407 g/mol. The van der Waals surface area contributed by atoms with E-state index in [2.05, 4.69) is 0 Å². The van der Waals surface area contributed by atoms with E-state index in [4.69, 9.17) is 0 Å². The van der Waals surface area contributed by atoms with Crippen LogP contribution in [0.15, 0.2) is 82.5 Å². The number of nitrogens with zero attached hydrogens (tertiary/aromatic N) is 2. The van der Waals surface area contributed by atoms with Crippen LogP contribution in [0.1, 0.15) is 18.0 Å². The first kappa shape index (κ1) is 18.3. The smallest absolute Gasteiger partial charge is 0.250 e. The van der Waals surface area contributed by atoms with Gasteiger partial charge in [-0.15, -0.1) is 0 Å². The lowest BCUT2D eigenvalue weighted by atomic mass is 9.81. The van der Waals surface area contributed by atoms with E-state index >= 15 is 0 Å². The van der Waals surface area contributed by atoms with Crippen LogP contribution >= 0.6 is 0 Å². The SMILES string of the molecule is O=c1ccc(-c2ccccc2)c2n1C[C@H]1C[C@@H]2CN(S(=O)(=O)c2ccccc2)C1. The van der Waals surface area contributed by atoms with Gasteiger partial charge >= 0.3 is 0 Å². The minimum Gasteiger partial charge on any atom is -0.311 e. The van der Waals surface area contributed by atoms with Crippen LogP contribution in [0.3, 0.4) is 0 Å². The average Bonchev–Trinajstić information content (AvgIpc) is 2.75. The summed E-state index contributed by atoms with van der Waals surface area (Å²) in [6, 6.07) is 22.1. The fourth-order valence-electron chi connectivity index (χ4n) is 4.77. The fourth-order valence-corrected chi connectivity index (χ4v) is 6.35. The lowest BCUT2D eigenvalue weighted by molar-refractivity contribution is 0.187. The summed E-state index contributed by atoms with van der Waals surface area (Å²) >= 11 is 0. The molecule has 3 aromatic rings. The molecule has 0 unspecified atom stereocenters. The Bertz CT molecular complexity index is 1200. The van der Waals surface area contributed by atoms with Gasteiger partial charge in [-0.1, -0.05) is 48.5 Å². The molecule has 2 atom stereocenters. The normalized spacial score (nSPS) is 21.5. The Labute approximate surface area is 170 Å². The standard InChI is InChI=1S/C23H22N2O3S/c26-22-12-11-21(18-7-3-1-4-8-18)23-19-13-17(15-25(22)23)14-24(16-19)29(27,28)20-9-5-2-6-10-20/h1-12,17,19H,13-16H2/t17-,19+/m0/s1.